The zero-order chi connectivity index (χ0) is 14.5. The quantitative estimate of drug-likeness (QED) is 0.865. The van der Waals surface area contributed by atoms with E-state index in [1.165, 1.54) is 19.3 Å². The Labute approximate surface area is 125 Å². The second-order valence-electron chi connectivity index (χ2n) is 7.33. The van der Waals surface area contributed by atoms with Crippen molar-refractivity contribution >= 4 is 17.5 Å². The molecular weight excluding hydrogens is 270 g/mol. The van der Waals surface area contributed by atoms with E-state index in [0.29, 0.717) is 10.6 Å². The van der Waals surface area contributed by atoms with Crippen molar-refractivity contribution in [2.75, 3.05) is 0 Å². The fourth-order valence-electron chi connectivity index (χ4n) is 4.48. The molecule has 2 bridgehead atoms. The van der Waals surface area contributed by atoms with Gasteiger partial charge in [0.05, 0.1) is 0 Å². The van der Waals surface area contributed by atoms with Gasteiger partial charge in [0.2, 0.25) is 0 Å². The highest BCUT2D eigenvalue weighted by Crippen LogP contribution is 2.62. The van der Waals surface area contributed by atoms with Crippen molar-refractivity contribution in [1.29, 1.82) is 0 Å². The smallest absolute Gasteiger partial charge is 0.251 e. The third-order valence-electron chi connectivity index (χ3n) is 5.65. The molecular formula is C17H22ClNO. The molecule has 1 aromatic carbocycles. The summed E-state index contributed by atoms with van der Waals surface area (Å²) in [4.78, 5) is 12.5. The maximum atomic E-state index is 12.5. The minimum Gasteiger partial charge on any atom is -0.348 e. The maximum absolute atomic E-state index is 12.5. The van der Waals surface area contributed by atoms with Crippen LogP contribution < -0.4 is 5.32 Å². The summed E-state index contributed by atoms with van der Waals surface area (Å²) in [7, 11) is 0. The fourth-order valence-corrected chi connectivity index (χ4v) is 4.60. The molecule has 2 nitrogen and oxygen atoms in total. The molecule has 1 aromatic rings. The van der Waals surface area contributed by atoms with Gasteiger partial charge in [0.15, 0.2) is 0 Å². The van der Waals surface area contributed by atoms with Crippen molar-refractivity contribution < 1.29 is 4.79 Å². The molecule has 0 aliphatic heterocycles. The van der Waals surface area contributed by atoms with Crippen LogP contribution in [-0.4, -0.2) is 11.9 Å². The Morgan fingerprint density at radius 3 is 2.45 bits per heavy atom. The molecule has 108 valence electrons. The topological polar surface area (TPSA) is 29.1 Å². The fraction of sp³-hybridized carbons (Fsp3) is 0.588. The van der Waals surface area contributed by atoms with Gasteiger partial charge >= 0.3 is 0 Å². The number of benzene rings is 1. The van der Waals surface area contributed by atoms with Crippen LogP contribution >= 0.6 is 11.6 Å². The van der Waals surface area contributed by atoms with Gasteiger partial charge in [0.25, 0.3) is 5.91 Å². The van der Waals surface area contributed by atoms with Crippen LogP contribution in [0.25, 0.3) is 0 Å². The van der Waals surface area contributed by atoms with Gasteiger partial charge in [-0.3, -0.25) is 4.79 Å². The highest BCUT2D eigenvalue weighted by Gasteiger charge is 2.59. The molecule has 0 radical (unpaired) electrons. The van der Waals surface area contributed by atoms with E-state index < -0.39 is 0 Å². The predicted molar refractivity (Wildman–Crippen MR) is 81.9 cm³/mol. The molecule has 20 heavy (non-hydrogen) atoms. The van der Waals surface area contributed by atoms with Crippen LogP contribution in [0.5, 0.6) is 0 Å². The van der Waals surface area contributed by atoms with Gasteiger partial charge < -0.3 is 5.32 Å². The van der Waals surface area contributed by atoms with Gasteiger partial charge in [-0.2, -0.15) is 0 Å². The minimum atomic E-state index is 0.0218. The number of amides is 1. The minimum absolute atomic E-state index is 0.0218. The Morgan fingerprint density at radius 2 is 1.90 bits per heavy atom. The molecule has 0 aromatic heterocycles. The molecule has 2 saturated carbocycles. The lowest BCUT2D eigenvalue weighted by Gasteiger charge is -2.43. The highest BCUT2D eigenvalue weighted by molar-refractivity contribution is 6.30. The van der Waals surface area contributed by atoms with Gasteiger partial charge in [-0.1, -0.05) is 32.4 Å². The van der Waals surface area contributed by atoms with E-state index in [0.717, 1.165) is 5.92 Å². The Morgan fingerprint density at radius 1 is 1.25 bits per heavy atom. The first-order valence-electron chi connectivity index (χ1n) is 7.39. The van der Waals surface area contributed by atoms with Crippen molar-refractivity contribution in [3.05, 3.63) is 34.9 Å². The Bertz CT molecular complexity index is 532. The van der Waals surface area contributed by atoms with Crippen LogP contribution in [0.1, 0.15) is 50.4 Å². The number of carbonyl (C=O) groups excluding carboxylic acids is 1. The van der Waals surface area contributed by atoms with Gasteiger partial charge in [0, 0.05) is 16.6 Å². The van der Waals surface area contributed by atoms with Crippen LogP contribution in [0.2, 0.25) is 5.02 Å². The average Bonchev–Trinajstić information content (AvgIpc) is 2.86. The molecule has 2 aliphatic carbocycles. The van der Waals surface area contributed by atoms with Crippen molar-refractivity contribution in [3.63, 3.8) is 0 Å². The molecule has 0 saturated heterocycles. The summed E-state index contributed by atoms with van der Waals surface area (Å²) in [6.07, 6.45) is 3.77. The number of halogens is 1. The predicted octanol–water partition coefficient (Wildman–Crippen LogP) is 4.28. The Balaban J connectivity index is 1.80. The monoisotopic (exact) mass is 291 g/mol. The SMILES string of the molecule is CC1(C)[C@@H]2CC[C@](C)(C2)[C@@H]1NC(=O)c1ccc(Cl)cc1. The average molecular weight is 292 g/mol. The third kappa shape index (κ3) is 2.05. The Kier molecular flexibility index (Phi) is 3.13. The molecule has 3 heteroatoms. The first-order valence-corrected chi connectivity index (χ1v) is 7.77. The first kappa shape index (κ1) is 13.9. The number of carbonyl (C=O) groups is 1. The lowest BCUT2D eigenvalue weighted by molar-refractivity contribution is 0.0737. The lowest BCUT2D eigenvalue weighted by Crippen LogP contribution is -2.52. The van der Waals surface area contributed by atoms with E-state index in [4.69, 9.17) is 11.6 Å². The van der Waals surface area contributed by atoms with Gasteiger partial charge in [0.1, 0.15) is 0 Å². The van der Waals surface area contributed by atoms with E-state index in [-0.39, 0.29) is 22.8 Å². The van der Waals surface area contributed by atoms with E-state index >= 15 is 0 Å². The Hall–Kier alpha value is -1.02. The largest absolute Gasteiger partial charge is 0.348 e. The lowest BCUT2D eigenvalue weighted by atomic mass is 9.68. The van der Waals surface area contributed by atoms with Gasteiger partial charge in [-0.15, -0.1) is 0 Å². The third-order valence-corrected chi connectivity index (χ3v) is 5.90. The number of fused-ring (bicyclic) bond motifs is 2. The molecule has 2 aliphatic rings. The summed E-state index contributed by atoms with van der Waals surface area (Å²) < 4.78 is 0. The van der Waals surface area contributed by atoms with E-state index in [1.54, 1.807) is 24.3 Å². The summed E-state index contributed by atoms with van der Waals surface area (Å²) in [5.41, 5.74) is 1.14. The molecule has 2 fully saturated rings. The second-order valence-corrected chi connectivity index (χ2v) is 7.76. The molecule has 1 amide bonds. The summed E-state index contributed by atoms with van der Waals surface area (Å²) in [5.74, 6) is 0.761. The molecule has 0 unspecified atom stereocenters. The summed E-state index contributed by atoms with van der Waals surface area (Å²) in [6.45, 7) is 6.93. The van der Waals surface area contributed by atoms with Gasteiger partial charge in [-0.05, 0) is 60.3 Å². The number of hydrogen-bond donors (Lipinski definition) is 1. The van der Waals surface area contributed by atoms with Crippen LogP contribution in [0.15, 0.2) is 24.3 Å². The van der Waals surface area contributed by atoms with Crippen LogP contribution in [0.3, 0.4) is 0 Å². The first-order chi connectivity index (χ1) is 9.33. The highest BCUT2D eigenvalue weighted by atomic mass is 35.5. The van der Waals surface area contributed by atoms with Crippen LogP contribution in [0.4, 0.5) is 0 Å². The van der Waals surface area contributed by atoms with Crippen molar-refractivity contribution in [1.82, 2.24) is 5.32 Å². The maximum Gasteiger partial charge on any atom is 0.251 e. The number of hydrogen-bond acceptors (Lipinski definition) is 1. The molecule has 1 N–H and O–H groups in total. The van der Waals surface area contributed by atoms with Crippen LogP contribution in [-0.2, 0) is 0 Å². The van der Waals surface area contributed by atoms with Crippen molar-refractivity contribution in [2.45, 2.75) is 46.1 Å². The van der Waals surface area contributed by atoms with Crippen molar-refractivity contribution in [2.24, 2.45) is 16.7 Å². The van der Waals surface area contributed by atoms with Crippen molar-refractivity contribution in [3.8, 4) is 0 Å². The van der Waals surface area contributed by atoms with E-state index in [2.05, 4.69) is 26.1 Å². The number of nitrogens with one attached hydrogen (secondary N) is 1. The second kappa shape index (κ2) is 4.49. The number of rotatable bonds is 2. The van der Waals surface area contributed by atoms with E-state index in [9.17, 15) is 4.79 Å². The van der Waals surface area contributed by atoms with Gasteiger partial charge in [-0.25, -0.2) is 0 Å². The molecule has 3 rings (SSSR count). The zero-order valence-corrected chi connectivity index (χ0v) is 13.1. The molecule has 3 atom stereocenters. The summed E-state index contributed by atoms with van der Waals surface area (Å²) >= 11 is 5.87. The zero-order valence-electron chi connectivity index (χ0n) is 12.4. The summed E-state index contributed by atoms with van der Waals surface area (Å²) in [6, 6.07) is 7.38. The van der Waals surface area contributed by atoms with E-state index in [1.807, 2.05) is 0 Å². The molecule has 0 spiro atoms. The van der Waals surface area contributed by atoms with Crippen LogP contribution in [0, 0.1) is 16.7 Å². The molecule has 0 heterocycles. The normalized spacial score (nSPS) is 34.2. The summed E-state index contributed by atoms with van der Waals surface area (Å²) in [5, 5.41) is 3.96. The standard InChI is InChI=1S/C17H22ClNO/c1-16(2)12-8-9-17(3,10-12)15(16)19-14(20)11-4-6-13(18)7-5-11/h4-7,12,15H,8-10H2,1-3H3,(H,19,20)/t12-,15-,17-/m1/s1.